The fourth-order valence-electron chi connectivity index (χ4n) is 2.47. The van der Waals surface area contributed by atoms with Crippen LogP contribution in [0, 0.1) is 0 Å². The fraction of sp³-hybridized carbons (Fsp3) is 0.471. The first-order valence-corrected chi connectivity index (χ1v) is 6.52. The van der Waals surface area contributed by atoms with Crippen molar-refractivity contribution in [3.63, 3.8) is 0 Å². The van der Waals surface area contributed by atoms with Gasteiger partial charge < -0.3 is 0 Å². The van der Waals surface area contributed by atoms with E-state index in [1.165, 1.54) is 11.1 Å². The minimum absolute atomic E-state index is 0.0286. The largest absolute Gasteiger partial charge is 0.294 e. The summed E-state index contributed by atoms with van der Waals surface area (Å²) in [6.07, 6.45) is 4.29. The molecule has 0 bridgehead atoms. The summed E-state index contributed by atoms with van der Waals surface area (Å²) < 4.78 is 0. The first-order chi connectivity index (χ1) is 8.13. The predicted octanol–water partition coefficient (Wildman–Crippen LogP) is 4.49. The van der Waals surface area contributed by atoms with Crippen LogP contribution in [0.1, 0.15) is 68.6 Å². The molecule has 1 aromatic rings. The number of ketones is 1. The van der Waals surface area contributed by atoms with E-state index in [0.717, 1.165) is 11.1 Å². The maximum atomic E-state index is 11.9. The first kappa shape index (κ1) is 13.1. The highest BCUT2D eigenvalue weighted by molar-refractivity contribution is 5.99. The van der Waals surface area contributed by atoms with Gasteiger partial charge in [0, 0.05) is 11.0 Å². The third-order valence-electron chi connectivity index (χ3n) is 3.79. The smallest absolute Gasteiger partial charge is 0.160 e. The number of benzene rings is 1. The summed E-state index contributed by atoms with van der Waals surface area (Å²) in [7, 11) is 0. The second kappa shape index (κ2) is 3.81. The van der Waals surface area contributed by atoms with E-state index in [0.29, 0.717) is 0 Å². The molecular weight excluding hydrogens is 220 g/mol. The Morgan fingerprint density at radius 1 is 1.17 bits per heavy atom. The van der Waals surface area contributed by atoms with Crippen molar-refractivity contribution < 1.29 is 4.79 Å². The van der Waals surface area contributed by atoms with Crippen LogP contribution in [0.5, 0.6) is 0 Å². The van der Waals surface area contributed by atoms with Crippen LogP contribution < -0.4 is 0 Å². The molecule has 18 heavy (non-hydrogen) atoms. The number of carbonyl (C=O) groups is 1. The van der Waals surface area contributed by atoms with Crippen LogP contribution in [-0.4, -0.2) is 5.78 Å². The lowest BCUT2D eigenvalue weighted by molar-refractivity contribution is 0.101. The Morgan fingerprint density at radius 2 is 1.78 bits per heavy atom. The van der Waals surface area contributed by atoms with Gasteiger partial charge >= 0.3 is 0 Å². The van der Waals surface area contributed by atoms with E-state index in [-0.39, 0.29) is 16.6 Å². The van der Waals surface area contributed by atoms with Gasteiger partial charge in [0.15, 0.2) is 5.78 Å². The average Bonchev–Trinajstić information content (AvgIpc) is 2.52. The molecule has 0 amide bonds. The van der Waals surface area contributed by atoms with Gasteiger partial charge in [-0.05, 0) is 35.1 Å². The lowest BCUT2D eigenvalue weighted by Crippen LogP contribution is -2.18. The molecule has 1 aliphatic carbocycles. The van der Waals surface area contributed by atoms with E-state index < -0.39 is 0 Å². The molecule has 0 radical (unpaired) electrons. The van der Waals surface area contributed by atoms with Crippen LogP contribution in [0.3, 0.4) is 0 Å². The maximum Gasteiger partial charge on any atom is 0.160 e. The molecule has 0 N–H and O–H groups in total. The molecule has 0 aromatic heterocycles. The minimum atomic E-state index is 0.0286. The molecule has 0 spiro atoms. The quantitative estimate of drug-likeness (QED) is 0.663. The van der Waals surface area contributed by atoms with Gasteiger partial charge in [-0.25, -0.2) is 0 Å². The number of fused-ring (bicyclic) bond motifs is 1. The van der Waals surface area contributed by atoms with Gasteiger partial charge in [-0.15, -0.1) is 0 Å². The summed E-state index contributed by atoms with van der Waals surface area (Å²) in [5.41, 5.74) is 4.58. The summed E-state index contributed by atoms with van der Waals surface area (Å²) >= 11 is 0. The van der Waals surface area contributed by atoms with Crippen LogP contribution in [0.4, 0.5) is 0 Å². The Kier molecular flexibility index (Phi) is 2.77. The fourth-order valence-corrected chi connectivity index (χ4v) is 2.47. The van der Waals surface area contributed by atoms with E-state index >= 15 is 0 Å². The van der Waals surface area contributed by atoms with Gasteiger partial charge in [0.05, 0.1) is 0 Å². The lowest BCUT2D eigenvalue weighted by Gasteiger charge is -2.25. The van der Waals surface area contributed by atoms with Crippen LogP contribution in [0.15, 0.2) is 18.2 Å². The summed E-state index contributed by atoms with van der Waals surface area (Å²) in [4.78, 5) is 11.9. The molecule has 1 heteroatoms. The molecule has 0 aliphatic heterocycles. The van der Waals surface area contributed by atoms with Crippen LogP contribution in [-0.2, 0) is 10.8 Å². The van der Waals surface area contributed by atoms with E-state index in [2.05, 4.69) is 58.9 Å². The standard InChI is InChI=1S/C17H22O/c1-11(18)14-9-12(16(2,3)4)10-15-13(14)7-8-17(15,5)6/h7-10H,1-6H3. The molecule has 0 saturated heterocycles. The van der Waals surface area contributed by atoms with Gasteiger partial charge in [0.1, 0.15) is 0 Å². The summed E-state index contributed by atoms with van der Waals surface area (Å²) in [5, 5.41) is 0. The second-order valence-corrected chi connectivity index (χ2v) is 6.85. The van der Waals surface area contributed by atoms with Crippen molar-refractivity contribution in [3.8, 4) is 0 Å². The highest BCUT2D eigenvalue weighted by atomic mass is 16.1. The van der Waals surface area contributed by atoms with Crippen molar-refractivity contribution in [2.24, 2.45) is 0 Å². The van der Waals surface area contributed by atoms with Crippen molar-refractivity contribution in [3.05, 3.63) is 40.5 Å². The van der Waals surface area contributed by atoms with Gasteiger partial charge in [0.2, 0.25) is 0 Å². The van der Waals surface area contributed by atoms with E-state index in [4.69, 9.17) is 0 Å². The zero-order valence-electron chi connectivity index (χ0n) is 12.2. The maximum absolute atomic E-state index is 11.9. The Morgan fingerprint density at radius 3 is 2.28 bits per heavy atom. The first-order valence-electron chi connectivity index (χ1n) is 6.52. The zero-order valence-corrected chi connectivity index (χ0v) is 12.2. The molecule has 0 saturated carbocycles. The summed E-state index contributed by atoms with van der Waals surface area (Å²) in [6.45, 7) is 12.6. The van der Waals surface area contributed by atoms with Crippen LogP contribution in [0.2, 0.25) is 0 Å². The average molecular weight is 242 g/mol. The van der Waals surface area contributed by atoms with Gasteiger partial charge in [-0.1, -0.05) is 52.8 Å². The van der Waals surface area contributed by atoms with E-state index in [1.54, 1.807) is 6.92 Å². The number of allylic oxidation sites excluding steroid dienone is 1. The molecule has 1 aromatic carbocycles. The normalized spacial score (nSPS) is 16.8. The summed E-state index contributed by atoms with van der Waals surface area (Å²) in [5.74, 6) is 0.152. The molecule has 0 atom stereocenters. The third kappa shape index (κ3) is 2.03. The van der Waals surface area contributed by atoms with Crippen LogP contribution >= 0.6 is 0 Å². The highest BCUT2D eigenvalue weighted by Crippen LogP contribution is 2.40. The van der Waals surface area contributed by atoms with Gasteiger partial charge in [0.25, 0.3) is 0 Å². The van der Waals surface area contributed by atoms with Crippen LogP contribution in [0.25, 0.3) is 6.08 Å². The van der Waals surface area contributed by atoms with E-state index in [1.807, 2.05) is 0 Å². The highest BCUT2D eigenvalue weighted by Gasteiger charge is 2.29. The molecule has 1 aliphatic rings. The zero-order chi connectivity index (χ0) is 13.7. The Balaban J connectivity index is 2.74. The Hall–Kier alpha value is -1.37. The molecular formula is C17H22O. The van der Waals surface area contributed by atoms with Crippen molar-refractivity contribution in [2.45, 2.75) is 52.4 Å². The third-order valence-corrected chi connectivity index (χ3v) is 3.79. The van der Waals surface area contributed by atoms with Crippen molar-refractivity contribution >= 4 is 11.9 Å². The predicted molar refractivity (Wildman–Crippen MR) is 77.2 cm³/mol. The molecule has 0 fully saturated rings. The van der Waals surface area contributed by atoms with Gasteiger partial charge in [-0.2, -0.15) is 0 Å². The van der Waals surface area contributed by atoms with E-state index in [9.17, 15) is 4.79 Å². The number of hydrogen-bond donors (Lipinski definition) is 0. The minimum Gasteiger partial charge on any atom is -0.294 e. The number of carbonyl (C=O) groups excluding carboxylic acids is 1. The topological polar surface area (TPSA) is 17.1 Å². The van der Waals surface area contributed by atoms with Gasteiger partial charge in [-0.3, -0.25) is 4.79 Å². The monoisotopic (exact) mass is 242 g/mol. The number of Topliss-reactive ketones (excluding diaryl/α,β-unsaturated/α-hetero) is 1. The summed E-state index contributed by atoms with van der Waals surface area (Å²) in [6, 6.07) is 4.33. The lowest BCUT2D eigenvalue weighted by atomic mass is 9.79. The molecule has 1 nitrogen and oxygen atoms in total. The number of rotatable bonds is 1. The Bertz CT molecular complexity index is 539. The Labute approximate surface area is 110 Å². The van der Waals surface area contributed by atoms with Crippen molar-refractivity contribution in [1.29, 1.82) is 0 Å². The molecule has 0 heterocycles. The molecule has 0 unspecified atom stereocenters. The SMILES string of the molecule is CC(=O)c1cc(C(C)(C)C)cc2c1C=CC2(C)C. The molecule has 2 rings (SSSR count). The molecule has 96 valence electrons. The second-order valence-electron chi connectivity index (χ2n) is 6.85. The van der Waals surface area contributed by atoms with Crippen molar-refractivity contribution in [2.75, 3.05) is 0 Å². The number of hydrogen-bond acceptors (Lipinski definition) is 1. The van der Waals surface area contributed by atoms with Crippen molar-refractivity contribution in [1.82, 2.24) is 0 Å².